The van der Waals surface area contributed by atoms with Crippen molar-refractivity contribution >= 4 is 17.4 Å². The quantitative estimate of drug-likeness (QED) is 0.737. The van der Waals surface area contributed by atoms with Crippen molar-refractivity contribution in [3.63, 3.8) is 0 Å². The van der Waals surface area contributed by atoms with Gasteiger partial charge in [0.05, 0.1) is 29.9 Å². The molecule has 17 heavy (non-hydrogen) atoms. The van der Waals surface area contributed by atoms with E-state index in [0.29, 0.717) is 12.5 Å². The zero-order valence-electron chi connectivity index (χ0n) is 9.77. The summed E-state index contributed by atoms with van der Waals surface area (Å²) in [6.07, 6.45) is 2.15. The summed E-state index contributed by atoms with van der Waals surface area (Å²) in [6.45, 7) is 2.27. The number of aliphatic hydroxyl groups is 1. The van der Waals surface area contributed by atoms with Gasteiger partial charge in [0.25, 0.3) is 0 Å². The first-order chi connectivity index (χ1) is 8.14. The Kier molecular flexibility index (Phi) is 3.63. The van der Waals surface area contributed by atoms with Crippen molar-refractivity contribution in [3.8, 4) is 0 Å². The smallest absolute Gasteiger partial charge is 0.315 e. The maximum absolute atomic E-state index is 11.7. The van der Waals surface area contributed by atoms with E-state index in [1.807, 2.05) is 12.3 Å². The maximum atomic E-state index is 11.7. The minimum Gasteiger partial charge on any atom is -0.394 e. The van der Waals surface area contributed by atoms with Gasteiger partial charge < -0.3 is 15.7 Å². The van der Waals surface area contributed by atoms with Gasteiger partial charge in [-0.1, -0.05) is 0 Å². The summed E-state index contributed by atoms with van der Waals surface area (Å²) in [5, 5.41) is 16.8. The topological polar surface area (TPSA) is 74.2 Å². The van der Waals surface area contributed by atoms with E-state index in [2.05, 4.69) is 15.6 Å². The van der Waals surface area contributed by atoms with Gasteiger partial charge >= 0.3 is 6.03 Å². The Bertz CT molecular complexity index is 378. The van der Waals surface area contributed by atoms with Gasteiger partial charge in [-0.15, -0.1) is 11.3 Å². The van der Waals surface area contributed by atoms with Gasteiger partial charge in [-0.3, -0.25) is 0 Å². The lowest BCUT2D eigenvalue weighted by Gasteiger charge is -2.28. The highest BCUT2D eigenvalue weighted by Crippen LogP contribution is 2.39. The molecule has 1 aromatic rings. The average molecular weight is 255 g/mol. The summed E-state index contributed by atoms with van der Waals surface area (Å²) in [5.41, 5.74) is 2.09. The zero-order valence-corrected chi connectivity index (χ0v) is 10.6. The molecule has 6 heteroatoms. The number of rotatable bonds is 5. The Labute approximate surface area is 104 Å². The molecule has 1 fully saturated rings. The zero-order chi connectivity index (χ0) is 12.3. The third-order valence-corrected chi connectivity index (χ3v) is 3.75. The first-order valence-electron chi connectivity index (χ1n) is 5.68. The maximum Gasteiger partial charge on any atom is 0.315 e. The molecule has 1 unspecified atom stereocenters. The molecule has 0 radical (unpaired) electrons. The molecule has 1 atom stereocenters. The van der Waals surface area contributed by atoms with E-state index in [-0.39, 0.29) is 12.6 Å². The lowest BCUT2D eigenvalue weighted by molar-refractivity contribution is 0.155. The highest BCUT2D eigenvalue weighted by atomic mass is 32.1. The molecule has 5 nitrogen and oxygen atoms in total. The fourth-order valence-electron chi connectivity index (χ4n) is 1.79. The molecular formula is C11H17N3O2S. The molecule has 1 aromatic heterocycles. The van der Waals surface area contributed by atoms with Crippen LogP contribution in [0.25, 0.3) is 0 Å². The lowest BCUT2D eigenvalue weighted by atomic mass is 9.97. The Morgan fingerprint density at radius 1 is 1.71 bits per heavy atom. The predicted octanol–water partition coefficient (Wildman–Crippen LogP) is 1.10. The number of thiazole rings is 1. The average Bonchev–Trinajstić information content (AvgIpc) is 3.05. The molecule has 1 heterocycles. The number of hydrogen-bond acceptors (Lipinski definition) is 4. The van der Waals surface area contributed by atoms with Crippen LogP contribution < -0.4 is 10.6 Å². The van der Waals surface area contributed by atoms with Crippen molar-refractivity contribution in [1.29, 1.82) is 0 Å². The van der Waals surface area contributed by atoms with Gasteiger partial charge in [0.15, 0.2) is 0 Å². The standard InChI is InChI=1S/C11H17N3O2S/c1-11(6-15,8-2-3-8)14-10(16)12-4-9-5-17-7-13-9/h5,7-8,15H,2-4,6H2,1H3,(H2,12,14,16). The molecule has 3 N–H and O–H groups in total. The number of carbonyl (C=O) groups is 1. The van der Waals surface area contributed by atoms with Crippen molar-refractivity contribution in [2.75, 3.05) is 6.61 Å². The van der Waals surface area contributed by atoms with Crippen LogP contribution in [0.3, 0.4) is 0 Å². The number of hydrogen-bond donors (Lipinski definition) is 3. The molecule has 0 aromatic carbocycles. The molecule has 94 valence electrons. The summed E-state index contributed by atoms with van der Waals surface area (Å²) >= 11 is 1.50. The molecule has 2 rings (SSSR count). The molecule has 1 aliphatic rings. The molecule has 0 saturated heterocycles. The molecule has 1 saturated carbocycles. The Morgan fingerprint density at radius 2 is 2.47 bits per heavy atom. The first-order valence-corrected chi connectivity index (χ1v) is 6.62. The van der Waals surface area contributed by atoms with E-state index >= 15 is 0 Å². The van der Waals surface area contributed by atoms with E-state index in [0.717, 1.165) is 18.5 Å². The molecule has 0 spiro atoms. The summed E-state index contributed by atoms with van der Waals surface area (Å²) in [6, 6.07) is -0.249. The monoisotopic (exact) mass is 255 g/mol. The molecule has 0 aliphatic heterocycles. The van der Waals surface area contributed by atoms with Gasteiger partial charge in [-0.05, 0) is 25.7 Å². The van der Waals surface area contributed by atoms with Crippen LogP contribution in [0.4, 0.5) is 4.79 Å². The van der Waals surface area contributed by atoms with Gasteiger partial charge in [0.1, 0.15) is 0 Å². The van der Waals surface area contributed by atoms with Crippen molar-refractivity contribution in [2.24, 2.45) is 5.92 Å². The summed E-state index contributed by atoms with van der Waals surface area (Å²) in [7, 11) is 0. The molecular weight excluding hydrogens is 238 g/mol. The van der Waals surface area contributed by atoms with E-state index < -0.39 is 5.54 Å². The lowest BCUT2D eigenvalue weighted by Crippen LogP contribution is -2.53. The van der Waals surface area contributed by atoms with Gasteiger partial charge in [0.2, 0.25) is 0 Å². The van der Waals surface area contributed by atoms with E-state index in [1.54, 1.807) is 5.51 Å². The number of carbonyl (C=O) groups excluding carboxylic acids is 1. The highest BCUT2D eigenvalue weighted by molar-refractivity contribution is 7.07. The first kappa shape index (κ1) is 12.3. The van der Waals surface area contributed by atoms with Crippen molar-refractivity contribution < 1.29 is 9.90 Å². The van der Waals surface area contributed by atoms with Crippen LogP contribution in [0.1, 0.15) is 25.5 Å². The Balaban J connectivity index is 1.80. The second kappa shape index (κ2) is 5.01. The van der Waals surface area contributed by atoms with E-state index in [1.165, 1.54) is 11.3 Å². The van der Waals surface area contributed by atoms with E-state index in [9.17, 15) is 9.90 Å². The summed E-state index contributed by atoms with van der Waals surface area (Å²) in [5.74, 6) is 0.400. The number of nitrogens with one attached hydrogen (secondary N) is 2. The van der Waals surface area contributed by atoms with Crippen LogP contribution in [0.5, 0.6) is 0 Å². The van der Waals surface area contributed by atoms with Crippen molar-refractivity contribution in [2.45, 2.75) is 31.8 Å². The second-order valence-electron chi connectivity index (χ2n) is 4.64. The highest BCUT2D eigenvalue weighted by Gasteiger charge is 2.42. The second-order valence-corrected chi connectivity index (χ2v) is 5.36. The van der Waals surface area contributed by atoms with Crippen LogP contribution in [0.2, 0.25) is 0 Å². The molecule has 2 amide bonds. The van der Waals surface area contributed by atoms with Gasteiger partial charge in [-0.25, -0.2) is 9.78 Å². The largest absolute Gasteiger partial charge is 0.394 e. The number of urea groups is 1. The summed E-state index contributed by atoms with van der Waals surface area (Å²) < 4.78 is 0. The van der Waals surface area contributed by atoms with E-state index in [4.69, 9.17) is 0 Å². The normalized spacial score (nSPS) is 18.5. The van der Waals surface area contributed by atoms with Crippen LogP contribution in [-0.4, -0.2) is 28.3 Å². The number of nitrogens with zero attached hydrogens (tertiary/aromatic N) is 1. The predicted molar refractivity (Wildman–Crippen MR) is 65.7 cm³/mol. The van der Waals surface area contributed by atoms with Crippen LogP contribution in [0.15, 0.2) is 10.9 Å². The minimum absolute atomic E-state index is 0.0260. The third kappa shape index (κ3) is 3.17. The Morgan fingerprint density at radius 3 is 3.00 bits per heavy atom. The van der Waals surface area contributed by atoms with Crippen LogP contribution in [-0.2, 0) is 6.54 Å². The van der Waals surface area contributed by atoms with Gasteiger partial charge in [0, 0.05) is 5.38 Å². The molecule has 1 aliphatic carbocycles. The van der Waals surface area contributed by atoms with Crippen LogP contribution in [0, 0.1) is 5.92 Å². The fraction of sp³-hybridized carbons (Fsp3) is 0.636. The summed E-state index contributed by atoms with van der Waals surface area (Å²) in [4.78, 5) is 15.8. The number of aliphatic hydroxyl groups excluding tert-OH is 1. The van der Waals surface area contributed by atoms with Crippen LogP contribution >= 0.6 is 11.3 Å². The van der Waals surface area contributed by atoms with Crippen molar-refractivity contribution in [1.82, 2.24) is 15.6 Å². The molecule has 0 bridgehead atoms. The minimum atomic E-state index is -0.494. The SMILES string of the molecule is CC(CO)(NC(=O)NCc1cscn1)C1CC1. The fourth-order valence-corrected chi connectivity index (χ4v) is 2.35. The number of amides is 2. The van der Waals surface area contributed by atoms with Crippen molar-refractivity contribution in [3.05, 3.63) is 16.6 Å². The number of aromatic nitrogens is 1. The Hall–Kier alpha value is -1.14. The van der Waals surface area contributed by atoms with Gasteiger partial charge in [-0.2, -0.15) is 0 Å². The third-order valence-electron chi connectivity index (χ3n) is 3.12.